The van der Waals surface area contributed by atoms with Crippen LogP contribution >= 0.6 is 11.6 Å². The van der Waals surface area contributed by atoms with Crippen molar-refractivity contribution in [2.75, 3.05) is 7.11 Å². The smallest absolute Gasteiger partial charge is 0.312 e. The van der Waals surface area contributed by atoms with Crippen LogP contribution in [0.3, 0.4) is 0 Å². The van der Waals surface area contributed by atoms with Crippen molar-refractivity contribution in [3.8, 4) is 0 Å². The van der Waals surface area contributed by atoms with Crippen molar-refractivity contribution in [2.24, 2.45) is 0 Å². The Labute approximate surface area is 183 Å². The first-order chi connectivity index (χ1) is 14.6. The number of carbonyl (C=O) groups is 1. The van der Waals surface area contributed by atoms with Crippen LogP contribution in [-0.2, 0) is 16.1 Å². The number of ether oxygens (including phenoxy) is 1. The highest BCUT2D eigenvalue weighted by molar-refractivity contribution is 6.33. The van der Waals surface area contributed by atoms with Crippen LogP contribution in [0.2, 0.25) is 5.15 Å². The maximum absolute atomic E-state index is 13.2. The first-order valence-corrected chi connectivity index (χ1v) is 11.6. The van der Waals surface area contributed by atoms with Gasteiger partial charge in [0.15, 0.2) is 10.8 Å². The zero-order valence-electron chi connectivity index (χ0n) is 18.0. The molecule has 0 atom stereocenters. The highest BCUT2D eigenvalue weighted by atomic mass is 35.5. The minimum atomic E-state index is -0.839. The average molecular weight is 441 g/mol. The van der Waals surface area contributed by atoms with Gasteiger partial charge < -0.3 is 9.30 Å². The summed E-state index contributed by atoms with van der Waals surface area (Å²) < 4.78 is 19.7. The number of aromatic nitrogens is 4. The van der Waals surface area contributed by atoms with E-state index in [4.69, 9.17) is 11.6 Å². The third-order valence-electron chi connectivity index (χ3n) is 5.41. The van der Waals surface area contributed by atoms with Crippen molar-refractivity contribution in [3.05, 3.63) is 17.6 Å². The summed E-state index contributed by atoms with van der Waals surface area (Å²) in [6.45, 7) is 0.796. The molecule has 0 N–H and O–H groups in total. The van der Waals surface area contributed by atoms with Gasteiger partial charge in [-0.1, -0.05) is 82.2 Å². The van der Waals surface area contributed by atoms with Crippen LogP contribution in [0.25, 0.3) is 11.2 Å². The molecule has 0 saturated heterocycles. The van der Waals surface area contributed by atoms with E-state index in [9.17, 15) is 9.18 Å². The average Bonchev–Trinajstić information content (AvgIpc) is 3.13. The number of methoxy groups -OCH3 is 1. The number of fused-ring (bicyclic) bond motifs is 1. The second kappa shape index (κ2) is 14.3. The van der Waals surface area contributed by atoms with E-state index in [1.54, 1.807) is 6.33 Å². The van der Waals surface area contributed by atoms with Crippen LogP contribution in [0.15, 0.2) is 6.33 Å². The molecule has 0 aliphatic heterocycles. The minimum absolute atomic E-state index is 0.0964. The summed E-state index contributed by atoms with van der Waals surface area (Å²) in [5.41, 5.74) is 0.926. The second-order valence-corrected chi connectivity index (χ2v) is 8.17. The molecule has 2 rings (SSSR count). The largest absolute Gasteiger partial charge is 0.469 e. The Hall–Kier alpha value is -1.76. The normalized spacial score (nSPS) is 11.3. The number of imidazole rings is 1. The molecular formula is C22H34ClFN4O2. The standard InChI is InChI=1S/C22H34ClFN4O2/c1-30-18(29)15-13-11-9-7-5-3-2-4-6-8-10-12-14-16-28-17-25-21-19(28)20(23)26-22(24)27-21/h17H,2-16H2,1H3. The lowest BCUT2D eigenvalue weighted by atomic mass is 10.0. The van der Waals surface area contributed by atoms with E-state index in [1.165, 1.54) is 64.9 Å². The van der Waals surface area contributed by atoms with Crippen molar-refractivity contribution in [1.82, 2.24) is 19.5 Å². The third-order valence-corrected chi connectivity index (χ3v) is 5.67. The van der Waals surface area contributed by atoms with Crippen LogP contribution in [0.5, 0.6) is 0 Å². The van der Waals surface area contributed by atoms with E-state index >= 15 is 0 Å². The van der Waals surface area contributed by atoms with Crippen LogP contribution in [0.1, 0.15) is 89.9 Å². The van der Waals surface area contributed by atoms with Gasteiger partial charge in [0.25, 0.3) is 0 Å². The third kappa shape index (κ3) is 8.94. The van der Waals surface area contributed by atoms with Gasteiger partial charge in [-0.05, 0) is 12.8 Å². The molecule has 0 bridgehead atoms. The molecule has 0 saturated carbocycles. The molecule has 8 heteroatoms. The van der Waals surface area contributed by atoms with Gasteiger partial charge in [0.05, 0.1) is 13.4 Å². The highest BCUT2D eigenvalue weighted by Gasteiger charge is 2.11. The summed E-state index contributed by atoms with van der Waals surface area (Å²) in [5, 5.41) is 0.121. The van der Waals surface area contributed by atoms with Gasteiger partial charge in [-0.3, -0.25) is 4.79 Å². The quantitative estimate of drug-likeness (QED) is 0.133. The molecule has 0 spiro atoms. The zero-order valence-corrected chi connectivity index (χ0v) is 18.8. The van der Waals surface area contributed by atoms with Gasteiger partial charge in [-0.2, -0.15) is 14.4 Å². The van der Waals surface area contributed by atoms with Crippen LogP contribution < -0.4 is 0 Å². The summed E-state index contributed by atoms with van der Waals surface area (Å²) in [7, 11) is 1.45. The predicted octanol–water partition coefficient (Wildman–Crippen LogP) is 6.25. The van der Waals surface area contributed by atoms with Gasteiger partial charge in [0.2, 0.25) is 0 Å². The summed E-state index contributed by atoms with van der Waals surface area (Å²) in [6.07, 6.45) is 17.2. The fourth-order valence-electron chi connectivity index (χ4n) is 3.68. The molecule has 0 aliphatic rings. The molecule has 2 aromatic heterocycles. The SMILES string of the molecule is COC(=O)CCCCCCCCCCCCCCCn1cnc2nc(F)nc(Cl)c21. The molecule has 30 heavy (non-hydrogen) atoms. The molecule has 0 amide bonds. The predicted molar refractivity (Wildman–Crippen MR) is 117 cm³/mol. The summed E-state index contributed by atoms with van der Waals surface area (Å²) >= 11 is 6.02. The van der Waals surface area contributed by atoms with Crippen molar-refractivity contribution in [3.63, 3.8) is 0 Å². The van der Waals surface area contributed by atoms with Crippen LogP contribution in [0.4, 0.5) is 4.39 Å². The molecule has 0 radical (unpaired) electrons. The van der Waals surface area contributed by atoms with Gasteiger partial charge >= 0.3 is 12.0 Å². The number of hydrogen-bond acceptors (Lipinski definition) is 5. The Balaban J connectivity index is 1.40. The number of aryl methyl sites for hydroxylation is 1. The summed E-state index contributed by atoms with van der Waals surface area (Å²) in [6, 6.07) is 0. The van der Waals surface area contributed by atoms with E-state index in [-0.39, 0.29) is 11.1 Å². The molecule has 0 fully saturated rings. The van der Waals surface area contributed by atoms with E-state index in [1.807, 2.05) is 4.57 Å². The molecule has 2 heterocycles. The number of hydrogen-bond donors (Lipinski definition) is 0. The number of halogens is 2. The van der Waals surface area contributed by atoms with Gasteiger partial charge in [0.1, 0.15) is 5.52 Å². The van der Waals surface area contributed by atoms with Crippen LogP contribution in [-0.4, -0.2) is 32.6 Å². The monoisotopic (exact) mass is 440 g/mol. The number of rotatable bonds is 16. The Morgan fingerprint density at radius 1 is 0.933 bits per heavy atom. The Bertz CT molecular complexity index is 769. The van der Waals surface area contributed by atoms with Crippen molar-refractivity contribution in [1.29, 1.82) is 0 Å². The van der Waals surface area contributed by atoms with Crippen molar-refractivity contribution >= 4 is 28.7 Å². The fourth-order valence-corrected chi connectivity index (χ4v) is 3.94. The second-order valence-electron chi connectivity index (χ2n) is 7.82. The number of nitrogens with zero attached hydrogens (tertiary/aromatic N) is 4. The number of esters is 1. The highest BCUT2D eigenvalue weighted by Crippen LogP contribution is 2.20. The van der Waals surface area contributed by atoms with Gasteiger partial charge in [-0.15, -0.1) is 0 Å². The molecule has 2 aromatic rings. The lowest BCUT2D eigenvalue weighted by molar-refractivity contribution is -0.140. The lowest BCUT2D eigenvalue weighted by Gasteiger charge is -2.05. The Morgan fingerprint density at radius 2 is 1.47 bits per heavy atom. The maximum atomic E-state index is 13.2. The van der Waals surface area contributed by atoms with Crippen LogP contribution in [0, 0.1) is 6.08 Å². The van der Waals surface area contributed by atoms with E-state index in [0.717, 1.165) is 32.2 Å². The topological polar surface area (TPSA) is 69.9 Å². The first kappa shape index (κ1) is 24.5. The van der Waals surface area contributed by atoms with E-state index in [0.29, 0.717) is 17.6 Å². The number of carbonyl (C=O) groups excluding carboxylic acids is 1. The van der Waals surface area contributed by atoms with Gasteiger partial charge in [0, 0.05) is 13.0 Å². The summed E-state index contributed by atoms with van der Waals surface area (Å²) in [5.74, 6) is -0.0964. The minimum Gasteiger partial charge on any atom is -0.469 e. The Morgan fingerprint density at radius 3 is 2.03 bits per heavy atom. The molecular weight excluding hydrogens is 407 g/mol. The van der Waals surface area contributed by atoms with Gasteiger partial charge in [-0.25, -0.2) is 4.98 Å². The van der Waals surface area contributed by atoms with Crippen molar-refractivity contribution < 1.29 is 13.9 Å². The molecule has 168 valence electrons. The maximum Gasteiger partial charge on any atom is 0.312 e. The fraction of sp³-hybridized carbons (Fsp3) is 0.727. The Kier molecular flexibility index (Phi) is 11.7. The first-order valence-electron chi connectivity index (χ1n) is 11.2. The molecule has 0 aliphatic carbocycles. The van der Waals surface area contributed by atoms with E-state index < -0.39 is 6.08 Å². The molecule has 0 aromatic carbocycles. The summed E-state index contributed by atoms with van der Waals surface area (Å²) in [4.78, 5) is 22.4. The van der Waals surface area contributed by atoms with E-state index in [2.05, 4.69) is 19.7 Å². The van der Waals surface area contributed by atoms with Crippen molar-refractivity contribution in [2.45, 2.75) is 96.4 Å². The lowest BCUT2D eigenvalue weighted by Crippen LogP contribution is -1.99. The molecule has 6 nitrogen and oxygen atoms in total. The zero-order chi connectivity index (χ0) is 21.6. The molecule has 0 unspecified atom stereocenters. The number of unbranched alkanes of at least 4 members (excludes halogenated alkanes) is 12.